The zero-order valence-electron chi connectivity index (χ0n) is 10.9. The van der Waals surface area contributed by atoms with E-state index in [-0.39, 0.29) is 11.1 Å². The topological polar surface area (TPSA) is 3.24 Å². The summed E-state index contributed by atoms with van der Waals surface area (Å²) in [4.78, 5) is 2.39. The normalized spacial score (nSPS) is 13.0. The first-order chi connectivity index (χ1) is 8.19. The number of rotatable bonds is 7. The van der Waals surface area contributed by atoms with E-state index in [4.69, 9.17) is 0 Å². The molecular formula is C14H22FNS. The predicted molar refractivity (Wildman–Crippen MR) is 75.1 cm³/mol. The van der Waals surface area contributed by atoms with Crippen molar-refractivity contribution in [3.8, 4) is 0 Å². The molecule has 0 saturated carbocycles. The Morgan fingerprint density at radius 3 is 2.47 bits per heavy atom. The van der Waals surface area contributed by atoms with Crippen molar-refractivity contribution in [1.82, 2.24) is 4.90 Å². The highest BCUT2D eigenvalue weighted by Crippen LogP contribution is 2.29. The second-order valence-corrected chi connectivity index (χ2v) is 5.51. The van der Waals surface area contributed by atoms with Crippen molar-refractivity contribution in [2.45, 2.75) is 26.0 Å². The summed E-state index contributed by atoms with van der Waals surface area (Å²) in [6.45, 7) is 9.68. The van der Waals surface area contributed by atoms with E-state index >= 15 is 0 Å². The SMILES string of the molecule is CCN(CC)CCSC(C)c1ccccc1F. The van der Waals surface area contributed by atoms with Crippen molar-refractivity contribution in [1.29, 1.82) is 0 Å². The second-order valence-electron chi connectivity index (χ2n) is 4.06. The lowest BCUT2D eigenvalue weighted by Gasteiger charge is -2.19. The predicted octanol–water partition coefficient (Wildman–Crippen LogP) is 3.96. The lowest BCUT2D eigenvalue weighted by molar-refractivity contribution is 0.324. The van der Waals surface area contributed by atoms with Crippen LogP contribution in [0.15, 0.2) is 24.3 Å². The number of hydrogen-bond acceptors (Lipinski definition) is 2. The third-order valence-corrected chi connectivity index (χ3v) is 4.19. The van der Waals surface area contributed by atoms with Crippen LogP contribution in [0.25, 0.3) is 0 Å². The first-order valence-electron chi connectivity index (χ1n) is 6.27. The molecule has 0 radical (unpaired) electrons. The molecule has 1 atom stereocenters. The van der Waals surface area contributed by atoms with Crippen LogP contribution < -0.4 is 0 Å². The fraction of sp³-hybridized carbons (Fsp3) is 0.571. The van der Waals surface area contributed by atoms with E-state index in [1.54, 1.807) is 6.07 Å². The Hall–Kier alpha value is -0.540. The second kappa shape index (κ2) is 7.72. The molecule has 96 valence electrons. The summed E-state index contributed by atoms with van der Waals surface area (Å²) in [7, 11) is 0. The van der Waals surface area contributed by atoms with Crippen LogP contribution in [-0.2, 0) is 0 Å². The molecule has 0 aromatic heterocycles. The molecule has 0 aliphatic rings. The monoisotopic (exact) mass is 255 g/mol. The average Bonchev–Trinajstić information content (AvgIpc) is 2.35. The summed E-state index contributed by atoms with van der Waals surface area (Å²) in [5.41, 5.74) is 0.817. The highest BCUT2D eigenvalue weighted by atomic mass is 32.2. The Bertz CT molecular complexity index is 326. The van der Waals surface area contributed by atoms with Gasteiger partial charge < -0.3 is 4.90 Å². The molecule has 0 heterocycles. The van der Waals surface area contributed by atoms with Gasteiger partial charge in [0.25, 0.3) is 0 Å². The molecule has 0 aliphatic heterocycles. The Morgan fingerprint density at radius 2 is 1.88 bits per heavy atom. The standard InChI is InChI=1S/C14H22FNS/c1-4-16(5-2)10-11-17-12(3)13-8-6-7-9-14(13)15/h6-9,12H,4-5,10-11H2,1-3H3. The van der Waals surface area contributed by atoms with Crippen molar-refractivity contribution in [2.24, 2.45) is 0 Å². The molecular weight excluding hydrogens is 233 g/mol. The van der Waals surface area contributed by atoms with E-state index in [1.165, 1.54) is 6.07 Å². The van der Waals surface area contributed by atoms with Gasteiger partial charge in [0.15, 0.2) is 0 Å². The van der Waals surface area contributed by atoms with Gasteiger partial charge in [-0.15, -0.1) is 0 Å². The van der Waals surface area contributed by atoms with Gasteiger partial charge in [-0.2, -0.15) is 11.8 Å². The van der Waals surface area contributed by atoms with Gasteiger partial charge >= 0.3 is 0 Å². The molecule has 0 aliphatic carbocycles. The highest BCUT2D eigenvalue weighted by Gasteiger charge is 2.10. The van der Waals surface area contributed by atoms with Crippen LogP contribution in [0, 0.1) is 5.82 Å². The van der Waals surface area contributed by atoms with Crippen molar-refractivity contribution >= 4 is 11.8 Å². The van der Waals surface area contributed by atoms with Crippen LogP contribution in [0.5, 0.6) is 0 Å². The van der Waals surface area contributed by atoms with Crippen LogP contribution >= 0.6 is 11.8 Å². The molecule has 1 nitrogen and oxygen atoms in total. The van der Waals surface area contributed by atoms with Crippen LogP contribution in [0.1, 0.15) is 31.6 Å². The van der Waals surface area contributed by atoms with E-state index < -0.39 is 0 Å². The zero-order valence-corrected chi connectivity index (χ0v) is 11.8. The van der Waals surface area contributed by atoms with E-state index in [2.05, 4.69) is 25.7 Å². The zero-order chi connectivity index (χ0) is 12.7. The maximum atomic E-state index is 13.5. The summed E-state index contributed by atoms with van der Waals surface area (Å²) < 4.78 is 13.5. The quantitative estimate of drug-likeness (QED) is 0.725. The smallest absolute Gasteiger partial charge is 0.127 e. The largest absolute Gasteiger partial charge is 0.303 e. The molecule has 1 aromatic carbocycles. The van der Waals surface area contributed by atoms with Gasteiger partial charge in [-0.05, 0) is 26.1 Å². The molecule has 0 amide bonds. The lowest BCUT2D eigenvalue weighted by atomic mass is 10.1. The molecule has 0 saturated heterocycles. The van der Waals surface area contributed by atoms with Crippen molar-refractivity contribution < 1.29 is 4.39 Å². The Balaban J connectivity index is 2.40. The third-order valence-electron chi connectivity index (χ3n) is 3.01. The van der Waals surface area contributed by atoms with Crippen molar-refractivity contribution in [2.75, 3.05) is 25.4 Å². The summed E-state index contributed by atoms with van der Waals surface area (Å²) in [6.07, 6.45) is 0. The van der Waals surface area contributed by atoms with E-state index in [0.717, 1.165) is 31.0 Å². The molecule has 1 aromatic rings. The maximum absolute atomic E-state index is 13.5. The number of halogens is 1. The first kappa shape index (κ1) is 14.5. The molecule has 0 bridgehead atoms. The van der Waals surface area contributed by atoms with Crippen LogP contribution in [0.3, 0.4) is 0 Å². The highest BCUT2D eigenvalue weighted by molar-refractivity contribution is 7.99. The Labute approximate surface area is 108 Å². The molecule has 17 heavy (non-hydrogen) atoms. The molecule has 1 rings (SSSR count). The fourth-order valence-corrected chi connectivity index (χ4v) is 2.88. The first-order valence-corrected chi connectivity index (χ1v) is 7.32. The molecule has 0 N–H and O–H groups in total. The van der Waals surface area contributed by atoms with Gasteiger partial charge in [0.1, 0.15) is 5.82 Å². The molecule has 0 spiro atoms. The van der Waals surface area contributed by atoms with Gasteiger partial charge in [-0.25, -0.2) is 4.39 Å². The van der Waals surface area contributed by atoms with Crippen LogP contribution in [-0.4, -0.2) is 30.3 Å². The number of nitrogens with zero attached hydrogens (tertiary/aromatic N) is 1. The maximum Gasteiger partial charge on any atom is 0.127 e. The summed E-state index contributed by atoms with van der Waals surface area (Å²) >= 11 is 1.82. The lowest BCUT2D eigenvalue weighted by Crippen LogP contribution is -2.25. The van der Waals surface area contributed by atoms with Gasteiger partial charge in [0.2, 0.25) is 0 Å². The third kappa shape index (κ3) is 4.68. The van der Waals surface area contributed by atoms with Gasteiger partial charge in [-0.1, -0.05) is 32.0 Å². The van der Waals surface area contributed by atoms with Crippen molar-refractivity contribution in [3.05, 3.63) is 35.6 Å². The summed E-state index contributed by atoms with van der Waals surface area (Å²) in [5, 5.41) is 0.228. The number of benzene rings is 1. The average molecular weight is 255 g/mol. The number of hydrogen-bond donors (Lipinski definition) is 0. The van der Waals surface area contributed by atoms with E-state index in [0.29, 0.717) is 0 Å². The minimum atomic E-state index is -0.0876. The Morgan fingerprint density at radius 1 is 1.24 bits per heavy atom. The van der Waals surface area contributed by atoms with Gasteiger partial charge in [-0.3, -0.25) is 0 Å². The number of thioether (sulfide) groups is 1. The molecule has 1 unspecified atom stereocenters. The van der Waals surface area contributed by atoms with E-state index in [9.17, 15) is 4.39 Å². The van der Waals surface area contributed by atoms with E-state index in [1.807, 2.05) is 23.9 Å². The van der Waals surface area contributed by atoms with Crippen LogP contribution in [0.4, 0.5) is 4.39 Å². The summed E-state index contributed by atoms with van der Waals surface area (Å²) in [6, 6.07) is 7.06. The Kier molecular flexibility index (Phi) is 6.60. The molecule has 3 heteroatoms. The van der Waals surface area contributed by atoms with Gasteiger partial charge in [0.05, 0.1) is 0 Å². The minimum Gasteiger partial charge on any atom is -0.303 e. The summed E-state index contributed by atoms with van der Waals surface area (Å²) in [5.74, 6) is 0.965. The fourth-order valence-electron chi connectivity index (χ4n) is 1.79. The molecule has 0 fully saturated rings. The van der Waals surface area contributed by atoms with Crippen LogP contribution in [0.2, 0.25) is 0 Å². The van der Waals surface area contributed by atoms with Crippen molar-refractivity contribution in [3.63, 3.8) is 0 Å². The van der Waals surface area contributed by atoms with Gasteiger partial charge in [0, 0.05) is 23.1 Å². The minimum absolute atomic E-state index is 0.0876.